The van der Waals surface area contributed by atoms with Crippen molar-refractivity contribution in [2.75, 3.05) is 20.2 Å². The minimum absolute atomic E-state index is 0.175. The molecule has 1 aromatic carbocycles. The molecule has 2 heterocycles. The van der Waals surface area contributed by atoms with Crippen LogP contribution >= 0.6 is 0 Å². The summed E-state index contributed by atoms with van der Waals surface area (Å²) in [6.45, 7) is 1.68. The molecule has 3 rings (SSSR count). The van der Waals surface area contributed by atoms with Gasteiger partial charge in [-0.2, -0.15) is 5.10 Å². The molecule has 1 amide bonds. The van der Waals surface area contributed by atoms with Crippen molar-refractivity contribution in [2.24, 2.45) is 5.92 Å². The van der Waals surface area contributed by atoms with Crippen molar-refractivity contribution in [3.8, 4) is 5.75 Å². The van der Waals surface area contributed by atoms with Gasteiger partial charge in [0.1, 0.15) is 5.75 Å². The maximum Gasteiger partial charge on any atom is 0.264 e. The predicted octanol–water partition coefficient (Wildman–Crippen LogP) is 2.58. The molecule has 1 unspecified atom stereocenters. The molecule has 144 valence electrons. The minimum Gasteiger partial charge on any atom is -0.497 e. The zero-order chi connectivity index (χ0) is 19.1. The molecule has 0 saturated carbocycles. The van der Waals surface area contributed by atoms with E-state index in [1.54, 1.807) is 13.2 Å². The summed E-state index contributed by atoms with van der Waals surface area (Å²) < 4.78 is 5.29. The molecule has 1 atom stereocenters. The Morgan fingerprint density at radius 3 is 2.96 bits per heavy atom. The number of likely N-dealkylation sites (tertiary alicyclic amines) is 1. The molecule has 1 saturated heterocycles. The average Bonchev–Trinajstić information content (AvgIpc) is 2.72. The van der Waals surface area contributed by atoms with E-state index in [0.29, 0.717) is 18.8 Å². The van der Waals surface area contributed by atoms with Crippen molar-refractivity contribution in [1.29, 1.82) is 0 Å². The number of nitrogens with one attached hydrogen (secondary N) is 1. The first kappa shape index (κ1) is 19.1. The molecule has 27 heavy (non-hydrogen) atoms. The second-order valence-electron chi connectivity index (χ2n) is 7.15. The van der Waals surface area contributed by atoms with Crippen LogP contribution in [-0.2, 0) is 17.6 Å². The topological polar surface area (TPSA) is 75.3 Å². The number of amides is 1. The van der Waals surface area contributed by atoms with Crippen LogP contribution in [0, 0.1) is 5.92 Å². The van der Waals surface area contributed by atoms with Gasteiger partial charge in [0.25, 0.3) is 5.56 Å². The Hall–Kier alpha value is -2.63. The van der Waals surface area contributed by atoms with Gasteiger partial charge in [-0.15, -0.1) is 0 Å². The second-order valence-corrected chi connectivity index (χ2v) is 7.15. The van der Waals surface area contributed by atoms with E-state index in [-0.39, 0.29) is 11.5 Å². The van der Waals surface area contributed by atoms with E-state index < -0.39 is 0 Å². The second kappa shape index (κ2) is 9.35. The average molecular weight is 369 g/mol. The number of methoxy groups -OCH3 is 1. The lowest BCUT2D eigenvalue weighted by Crippen LogP contribution is -2.40. The number of carbonyl (C=O) groups excluding carboxylic acids is 1. The number of carbonyl (C=O) groups is 1. The fourth-order valence-electron chi connectivity index (χ4n) is 3.63. The van der Waals surface area contributed by atoms with Gasteiger partial charge in [-0.05, 0) is 55.4 Å². The Morgan fingerprint density at radius 1 is 1.30 bits per heavy atom. The first-order chi connectivity index (χ1) is 13.1. The number of benzene rings is 1. The number of nitrogens with zero attached hydrogens (tertiary/aromatic N) is 2. The molecule has 1 fully saturated rings. The lowest BCUT2D eigenvalue weighted by molar-refractivity contribution is -0.133. The molecule has 6 nitrogen and oxygen atoms in total. The molecule has 0 radical (unpaired) electrons. The Morgan fingerprint density at radius 2 is 2.19 bits per heavy atom. The van der Waals surface area contributed by atoms with Crippen LogP contribution in [-0.4, -0.2) is 41.2 Å². The van der Waals surface area contributed by atoms with Crippen LogP contribution in [0.3, 0.4) is 0 Å². The first-order valence-electron chi connectivity index (χ1n) is 9.59. The van der Waals surface area contributed by atoms with Gasteiger partial charge >= 0.3 is 0 Å². The molecule has 1 N–H and O–H groups in total. The fourth-order valence-corrected chi connectivity index (χ4v) is 3.63. The maximum atomic E-state index is 12.6. The largest absolute Gasteiger partial charge is 0.497 e. The quantitative estimate of drug-likeness (QED) is 0.814. The third kappa shape index (κ3) is 5.67. The van der Waals surface area contributed by atoms with E-state index >= 15 is 0 Å². The van der Waals surface area contributed by atoms with Gasteiger partial charge in [-0.25, -0.2) is 5.10 Å². The summed E-state index contributed by atoms with van der Waals surface area (Å²) in [5.41, 5.74) is 1.80. The van der Waals surface area contributed by atoms with Gasteiger partial charge in [0.2, 0.25) is 5.91 Å². The van der Waals surface area contributed by atoms with Gasteiger partial charge in [0.05, 0.1) is 12.8 Å². The van der Waals surface area contributed by atoms with Crippen LogP contribution in [0.1, 0.15) is 36.9 Å². The van der Waals surface area contributed by atoms with Crippen LogP contribution < -0.4 is 10.3 Å². The van der Waals surface area contributed by atoms with Crippen molar-refractivity contribution < 1.29 is 9.53 Å². The molecule has 0 bridgehead atoms. The Bertz CT molecular complexity index is 798. The summed E-state index contributed by atoms with van der Waals surface area (Å²) in [6.07, 6.45) is 5.31. The molecule has 1 aliphatic rings. The van der Waals surface area contributed by atoms with Crippen molar-refractivity contribution in [3.05, 3.63) is 58.0 Å². The summed E-state index contributed by atoms with van der Waals surface area (Å²) in [5, 5.41) is 6.38. The van der Waals surface area contributed by atoms with E-state index in [1.165, 1.54) is 18.1 Å². The summed E-state index contributed by atoms with van der Waals surface area (Å²) >= 11 is 0. The maximum absolute atomic E-state index is 12.6. The number of piperidine rings is 1. The molecule has 0 aliphatic carbocycles. The zero-order valence-corrected chi connectivity index (χ0v) is 15.8. The van der Waals surface area contributed by atoms with E-state index in [4.69, 9.17) is 4.74 Å². The lowest BCUT2D eigenvalue weighted by Gasteiger charge is -2.33. The Kier molecular flexibility index (Phi) is 6.63. The van der Waals surface area contributed by atoms with Gasteiger partial charge in [-0.3, -0.25) is 9.59 Å². The SMILES string of the molecule is COc1cccc(CCC2CCCN(C(=O)CCc3ccc(=O)[nH]n3)C2)c1. The number of hydrogen-bond donors (Lipinski definition) is 1. The van der Waals surface area contributed by atoms with Crippen molar-refractivity contribution in [3.63, 3.8) is 0 Å². The van der Waals surface area contributed by atoms with Crippen LogP contribution in [0.5, 0.6) is 5.75 Å². The van der Waals surface area contributed by atoms with Crippen LogP contribution in [0.2, 0.25) is 0 Å². The van der Waals surface area contributed by atoms with Gasteiger partial charge < -0.3 is 9.64 Å². The summed E-state index contributed by atoms with van der Waals surface area (Å²) in [4.78, 5) is 25.6. The number of aromatic nitrogens is 2. The van der Waals surface area contributed by atoms with Crippen molar-refractivity contribution >= 4 is 5.91 Å². The van der Waals surface area contributed by atoms with Gasteiger partial charge in [0, 0.05) is 32.0 Å². The number of aryl methyl sites for hydroxylation is 2. The number of ether oxygens (including phenoxy) is 1. The number of aromatic amines is 1. The summed E-state index contributed by atoms with van der Waals surface area (Å²) in [7, 11) is 1.69. The smallest absolute Gasteiger partial charge is 0.264 e. The van der Waals surface area contributed by atoms with Crippen LogP contribution in [0.25, 0.3) is 0 Å². The van der Waals surface area contributed by atoms with Gasteiger partial charge in [-0.1, -0.05) is 12.1 Å². The zero-order valence-electron chi connectivity index (χ0n) is 15.8. The Balaban J connectivity index is 1.47. The van der Waals surface area contributed by atoms with Crippen molar-refractivity contribution in [2.45, 2.75) is 38.5 Å². The fraction of sp³-hybridized carbons (Fsp3) is 0.476. The standard InChI is InChI=1S/C21H27N3O3/c1-27-19-6-2-4-16(14-19)7-8-17-5-3-13-24(15-17)21(26)12-10-18-9-11-20(25)23-22-18/h2,4,6,9,11,14,17H,3,5,7-8,10,12-13,15H2,1H3,(H,23,25). The lowest BCUT2D eigenvalue weighted by atomic mass is 9.91. The molecule has 6 heteroatoms. The molecule has 1 aromatic heterocycles. The monoisotopic (exact) mass is 369 g/mol. The highest BCUT2D eigenvalue weighted by Gasteiger charge is 2.23. The van der Waals surface area contributed by atoms with Crippen LogP contribution in [0.15, 0.2) is 41.2 Å². The minimum atomic E-state index is -0.222. The van der Waals surface area contributed by atoms with Crippen LogP contribution in [0.4, 0.5) is 0 Å². The molecular weight excluding hydrogens is 342 g/mol. The van der Waals surface area contributed by atoms with Gasteiger partial charge in [0.15, 0.2) is 0 Å². The highest BCUT2D eigenvalue weighted by atomic mass is 16.5. The third-order valence-electron chi connectivity index (χ3n) is 5.18. The number of rotatable bonds is 7. The predicted molar refractivity (Wildman–Crippen MR) is 104 cm³/mol. The van der Waals surface area contributed by atoms with Crippen molar-refractivity contribution in [1.82, 2.24) is 15.1 Å². The normalized spacial score (nSPS) is 16.9. The Labute approximate surface area is 159 Å². The summed E-state index contributed by atoms with van der Waals surface area (Å²) in [6, 6.07) is 11.3. The van der Waals surface area contributed by atoms with E-state index in [9.17, 15) is 9.59 Å². The molecular formula is C21H27N3O3. The molecule has 2 aromatic rings. The molecule has 0 spiro atoms. The third-order valence-corrected chi connectivity index (χ3v) is 5.18. The van der Waals surface area contributed by atoms with E-state index in [0.717, 1.165) is 43.8 Å². The number of H-pyrrole nitrogens is 1. The highest BCUT2D eigenvalue weighted by molar-refractivity contribution is 5.76. The summed E-state index contributed by atoms with van der Waals surface area (Å²) in [5.74, 6) is 1.61. The van der Waals surface area contributed by atoms with E-state index in [2.05, 4.69) is 22.3 Å². The highest BCUT2D eigenvalue weighted by Crippen LogP contribution is 2.23. The molecule has 1 aliphatic heterocycles. The first-order valence-corrected chi connectivity index (χ1v) is 9.59. The van der Waals surface area contributed by atoms with E-state index in [1.807, 2.05) is 17.0 Å². The number of hydrogen-bond acceptors (Lipinski definition) is 4.